The van der Waals surface area contributed by atoms with Crippen LogP contribution in [-0.4, -0.2) is 23.6 Å². The number of hydrogen-bond acceptors (Lipinski definition) is 3. The molecule has 0 amide bonds. The molecule has 1 saturated heterocycles. The van der Waals surface area contributed by atoms with Crippen molar-refractivity contribution in [2.45, 2.75) is 31.7 Å². The second-order valence-electron chi connectivity index (χ2n) is 3.54. The Bertz CT molecular complexity index is 111. The fourth-order valence-corrected chi connectivity index (χ4v) is 1.32. The zero-order chi connectivity index (χ0) is 7.61. The van der Waals surface area contributed by atoms with Gasteiger partial charge in [-0.15, -0.1) is 0 Å². The molecular formula is C7H17N3. The van der Waals surface area contributed by atoms with E-state index >= 15 is 0 Å². The molecule has 0 spiro atoms. The second kappa shape index (κ2) is 2.86. The van der Waals surface area contributed by atoms with Crippen LogP contribution in [0.1, 0.15) is 26.2 Å². The maximum absolute atomic E-state index is 5.96. The van der Waals surface area contributed by atoms with E-state index in [9.17, 15) is 0 Å². The number of hydrogen-bond donors (Lipinski definition) is 2. The van der Waals surface area contributed by atoms with Gasteiger partial charge in [-0.05, 0) is 26.2 Å². The monoisotopic (exact) mass is 143 g/mol. The minimum Gasteiger partial charge on any atom is -0.325 e. The van der Waals surface area contributed by atoms with Crippen LogP contribution in [0.25, 0.3) is 0 Å². The van der Waals surface area contributed by atoms with Gasteiger partial charge in [0.1, 0.15) is 0 Å². The van der Waals surface area contributed by atoms with Gasteiger partial charge in [0.05, 0.1) is 0 Å². The molecule has 0 aromatic carbocycles. The van der Waals surface area contributed by atoms with E-state index < -0.39 is 0 Å². The Morgan fingerprint density at radius 3 is 2.70 bits per heavy atom. The first-order chi connectivity index (χ1) is 4.60. The Morgan fingerprint density at radius 1 is 1.30 bits per heavy atom. The molecule has 1 heterocycles. The van der Waals surface area contributed by atoms with Crippen LogP contribution < -0.4 is 11.6 Å². The standard InChI is InChI=1S/C7H17N3/c1-7(8)3-2-5-10(9)6-4-7/h2-6,8-9H2,1H3. The van der Waals surface area contributed by atoms with Crippen LogP contribution >= 0.6 is 0 Å². The van der Waals surface area contributed by atoms with Crippen molar-refractivity contribution < 1.29 is 0 Å². The van der Waals surface area contributed by atoms with E-state index in [4.69, 9.17) is 11.6 Å². The molecule has 0 radical (unpaired) electrons. The fraction of sp³-hybridized carbons (Fsp3) is 1.00. The van der Waals surface area contributed by atoms with Crippen LogP contribution in [0.3, 0.4) is 0 Å². The predicted octanol–water partition coefficient (Wildman–Crippen LogP) is 0.0634. The van der Waals surface area contributed by atoms with Gasteiger partial charge in [0.15, 0.2) is 0 Å². The molecule has 1 aliphatic rings. The highest BCUT2D eigenvalue weighted by atomic mass is 15.4. The minimum absolute atomic E-state index is 0.0219. The Kier molecular flexibility index (Phi) is 2.28. The van der Waals surface area contributed by atoms with E-state index in [0.29, 0.717) is 0 Å². The average Bonchev–Trinajstić information content (AvgIpc) is 1.94. The number of nitrogens with two attached hydrogens (primary N) is 2. The summed E-state index contributed by atoms with van der Waals surface area (Å²) in [5.74, 6) is 5.63. The molecule has 1 rings (SSSR count). The van der Waals surface area contributed by atoms with Crippen molar-refractivity contribution in [3.05, 3.63) is 0 Å². The topological polar surface area (TPSA) is 55.3 Å². The van der Waals surface area contributed by atoms with Crippen LogP contribution in [0.15, 0.2) is 0 Å². The van der Waals surface area contributed by atoms with Gasteiger partial charge in [-0.25, -0.2) is 5.01 Å². The summed E-state index contributed by atoms with van der Waals surface area (Å²) in [6, 6.07) is 0. The van der Waals surface area contributed by atoms with Crippen LogP contribution in [0.2, 0.25) is 0 Å². The zero-order valence-electron chi connectivity index (χ0n) is 6.64. The highest BCUT2D eigenvalue weighted by Gasteiger charge is 2.21. The Hall–Kier alpha value is -0.120. The lowest BCUT2D eigenvalue weighted by atomic mass is 9.95. The summed E-state index contributed by atoms with van der Waals surface area (Å²) in [6.45, 7) is 4.03. The molecule has 3 nitrogen and oxygen atoms in total. The van der Waals surface area contributed by atoms with Crippen LogP contribution in [0, 0.1) is 0 Å². The summed E-state index contributed by atoms with van der Waals surface area (Å²) in [5, 5.41) is 1.86. The Labute approximate surface area is 62.3 Å². The third-order valence-corrected chi connectivity index (χ3v) is 2.16. The Balaban J connectivity index is 2.41. The quantitative estimate of drug-likeness (QED) is 0.472. The van der Waals surface area contributed by atoms with E-state index in [2.05, 4.69) is 6.92 Å². The molecule has 0 saturated carbocycles. The lowest BCUT2D eigenvalue weighted by molar-refractivity contribution is 0.287. The van der Waals surface area contributed by atoms with Gasteiger partial charge in [0, 0.05) is 18.6 Å². The molecule has 1 aliphatic heterocycles. The molecule has 0 aromatic rings. The van der Waals surface area contributed by atoms with E-state index in [1.165, 1.54) is 0 Å². The maximum Gasteiger partial charge on any atom is 0.0145 e. The number of rotatable bonds is 0. The molecule has 4 N–H and O–H groups in total. The first-order valence-electron chi connectivity index (χ1n) is 3.89. The zero-order valence-corrected chi connectivity index (χ0v) is 6.64. The van der Waals surface area contributed by atoms with Gasteiger partial charge in [-0.1, -0.05) is 0 Å². The third-order valence-electron chi connectivity index (χ3n) is 2.16. The molecule has 1 atom stereocenters. The largest absolute Gasteiger partial charge is 0.325 e. The van der Waals surface area contributed by atoms with E-state index in [1.54, 1.807) is 0 Å². The van der Waals surface area contributed by atoms with Gasteiger partial charge in [0.25, 0.3) is 0 Å². The van der Waals surface area contributed by atoms with Gasteiger partial charge in [-0.3, -0.25) is 5.84 Å². The number of nitrogens with zero attached hydrogens (tertiary/aromatic N) is 1. The molecular weight excluding hydrogens is 126 g/mol. The Morgan fingerprint density at radius 2 is 2.00 bits per heavy atom. The summed E-state index contributed by atoms with van der Waals surface area (Å²) < 4.78 is 0. The van der Waals surface area contributed by atoms with E-state index in [1.807, 2.05) is 5.01 Å². The SMILES string of the molecule is CC1(N)CCCN(N)CC1. The van der Waals surface area contributed by atoms with Gasteiger partial charge < -0.3 is 5.73 Å². The highest BCUT2D eigenvalue weighted by Crippen LogP contribution is 2.16. The summed E-state index contributed by atoms with van der Waals surface area (Å²) >= 11 is 0. The van der Waals surface area contributed by atoms with Crippen molar-refractivity contribution in [1.82, 2.24) is 5.01 Å². The average molecular weight is 143 g/mol. The molecule has 3 heteroatoms. The van der Waals surface area contributed by atoms with Crippen molar-refractivity contribution in [3.8, 4) is 0 Å². The number of hydrazine groups is 1. The summed E-state index contributed by atoms with van der Waals surface area (Å²) in [6.07, 6.45) is 3.24. The minimum atomic E-state index is 0.0219. The molecule has 0 aliphatic carbocycles. The van der Waals surface area contributed by atoms with Crippen molar-refractivity contribution in [3.63, 3.8) is 0 Å². The van der Waals surface area contributed by atoms with Crippen LogP contribution in [0.4, 0.5) is 0 Å². The van der Waals surface area contributed by atoms with Crippen molar-refractivity contribution in [2.24, 2.45) is 11.6 Å². The highest BCUT2D eigenvalue weighted by molar-refractivity contribution is 4.81. The summed E-state index contributed by atoms with van der Waals surface area (Å²) in [7, 11) is 0. The normalized spacial score (nSPS) is 37.5. The molecule has 0 bridgehead atoms. The lowest BCUT2D eigenvalue weighted by Crippen LogP contribution is -2.38. The second-order valence-corrected chi connectivity index (χ2v) is 3.54. The smallest absolute Gasteiger partial charge is 0.0145 e. The lowest BCUT2D eigenvalue weighted by Gasteiger charge is -2.21. The van der Waals surface area contributed by atoms with E-state index in [-0.39, 0.29) is 5.54 Å². The summed E-state index contributed by atoms with van der Waals surface area (Å²) in [4.78, 5) is 0. The first kappa shape index (κ1) is 7.98. The molecule has 1 fully saturated rings. The molecule has 1 unspecified atom stereocenters. The van der Waals surface area contributed by atoms with Crippen LogP contribution in [0.5, 0.6) is 0 Å². The molecule has 10 heavy (non-hydrogen) atoms. The van der Waals surface area contributed by atoms with Gasteiger partial charge >= 0.3 is 0 Å². The van der Waals surface area contributed by atoms with Crippen LogP contribution in [-0.2, 0) is 0 Å². The molecule has 0 aromatic heterocycles. The van der Waals surface area contributed by atoms with Crippen molar-refractivity contribution in [1.29, 1.82) is 0 Å². The van der Waals surface area contributed by atoms with Crippen molar-refractivity contribution in [2.75, 3.05) is 13.1 Å². The summed E-state index contributed by atoms with van der Waals surface area (Å²) in [5.41, 5.74) is 5.98. The molecule has 60 valence electrons. The van der Waals surface area contributed by atoms with Gasteiger partial charge in [-0.2, -0.15) is 0 Å². The third kappa shape index (κ3) is 2.25. The maximum atomic E-state index is 5.96. The van der Waals surface area contributed by atoms with Gasteiger partial charge in [0.2, 0.25) is 0 Å². The first-order valence-corrected chi connectivity index (χ1v) is 3.89. The van der Waals surface area contributed by atoms with Crippen molar-refractivity contribution >= 4 is 0 Å². The fourth-order valence-electron chi connectivity index (χ4n) is 1.32. The van der Waals surface area contributed by atoms with E-state index in [0.717, 1.165) is 32.4 Å². The predicted molar refractivity (Wildman–Crippen MR) is 42.2 cm³/mol.